The van der Waals surface area contributed by atoms with Gasteiger partial charge in [0.2, 0.25) is 0 Å². The molecule has 1 aliphatic heterocycles. The number of aromatic nitrogens is 5. The molecule has 1 aliphatic rings. The molecule has 20 heavy (non-hydrogen) atoms. The number of hydrogen-bond donors (Lipinski definition) is 0. The Bertz CT molecular complexity index is 667. The summed E-state index contributed by atoms with van der Waals surface area (Å²) < 4.78 is 8.89. The van der Waals surface area contributed by atoms with Gasteiger partial charge in [-0.2, -0.15) is 0 Å². The molecule has 3 rings (SSSR count). The molecule has 2 aromatic heterocycles. The summed E-state index contributed by atoms with van der Waals surface area (Å²) >= 11 is 0. The fourth-order valence-electron chi connectivity index (χ4n) is 3.05. The minimum absolute atomic E-state index is 0.116. The van der Waals surface area contributed by atoms with Gasteiger partial charge >= 0.3 is 0 Å². The molecule has 1 fully saturated rings. The van der Waals surface area contributed by atoms with Crippen molar-refractivity contribution in [3.05, 3.63) is 16.7 Å². The van der Waals surface area contributed by atoms with Crippen LogP contribution in [0, 0.1) is 5.92 Å². The van der Waals surface area contributed by atoms with Crippen LogP contribution in [-0.2, 0) is 18.3 Å². The Balaban J connectivity index is 1.87. The van der Waals surface area contributed by atoms with Crippen molar-refractivity contribution in [2.75, 3.05) is 0 Å². The molecule has 0 aromatic carbocycles. The quantitative estimate of drug-likeness (QED) is 0.809. The van der Waals surface area contributed by atoms with Crippen LogP contribution in [0.2, 0.25) is 0 Å². The van der Waals surface area contributed by atoms with Crippen LogP contribution in [0.15, 0.2) is 11.1 Å². The summed E-state index contributed by atoms with van der Waals surface area (Å²) in [5.41, 5.74) is 0.748. The Morgan fingerprint density at radius 1 is 1.35 bits per heavy atom. The maximum absolute atomic E-state index is 12.4. The molecular formula is C13H19N5O2. The number of nitrogens with zero attached hydrogens (tertiary/aromatic N) is 5. The Morgan fingerprint density at radius 3 is 2.75 bits per heavy atom. The van der Waals surface area contributed by atoms with Crippen molar-refractivity contribution in [1.29, 1.82) is 0 Å². The lowest BCUT2D eigenvalue weighted by molar-refractivity contribution is -0.0550. The third kappa shape index (κ3) is 2.33. The van der Waals surface area contributed by atoms with Crippen LogP contribution in [0.25, 0.3) is 11.2 Å². The van der Waals surface area contributed by atoms with Crippen LogP contribution in [-0.4, -0.2) is 36.8 Å². The lowest BCUT2D eigenvalue weighted by Gasteiger charge is -2.32. The Morgan fingerprint density at radius 2 is 2.05 bits per heavy atom. The maximum Gasteiger partial charge on any atom is 0.283 e. The van der Waals surface area contributed by atoms with E-state index in [0.717, 1.165) is 12.8 Å². The molecular weight excluding hydrogens is 258 g/mol. The standard InChI is InChI=1S/C13H19N5O2/c1-8-4-10(5-9(2)20-8)6-18-7-14-12-11(13(18)19)15-16-17(12)3/h7-10H,4-6H2,1-3H3/t8-,9+,10?. The first-order chi connectivity index (χ1) is 9.54. The summed E-state index contributed by atoms with van der Waals surface area (Å²) in [4.78, 5) is 16.6. The van der Waals surface area contributed by atoms with E-state index in [1.165, 1.54) is 4.68 Å². The average Bonchev–Trinajstić information content (AvgIpc) is 2.74. The van der Waals surface area contributed by atoms with Gasteiger partial charge in [0.25, 0.3) is 5.56 Å². The van der Waals surface area contributed by atoms with Gasteiger partial charge in [-0.15, -0.1) is 5.10 Å². The van der Waals surface area contributed by atoms with Gasteiger partial charge < -0.3 is 4.74 Å². The van der Waals surface area contributed by atoms with Gasteiger partial charge in [-0.25, -0.2) is 9.67 Å². The fourth-order valence-corrected chi connectivity index (χ4v) is 3.05. The fraction of sp³-hybridized carbons (Fsp3) is 0.692. The third-order valence-corrected chi connectivity index (χ3v) is 3.83. The van der Waals surface area contributed by atoms with Crippen molar-refractivity contribution < 1.29 is 4.74 Å². The first-order valence-electron chi connectivity index (χ1n) is 6.95. The first kappa shape index (κ1) is 13.2. The van der Waals surface area contributed by atoms with Gasteiger partial charge in [0.1, 0.15) is 6.33 Å². The minimum Gasteiger partial charge on any atom is -0.376 e. The number of rotatable bonds is 2. The predicted molar refractivity (Wildman–Crippen MR) is 73.3 cm³/mol. The lowest BCUT2D eigenvalue weighted by Crippen LogP contribution is -2.34. The second-order valence-electron chi connectivity index (χ2n) is 5.68. The molecule has 0 saturated carbocycles. The molecule has 0 N–H and O–H groups in total. The normalized spacial score (nSPS) is 27.1. The number of ether oxygens (including phenoxy) is 1. The van der Waals surface area contributed by atoms with E-state index in [-0.39, 0.29) is 17.8 Å². The second kappa shape index (κ2) is 4.97. The first-order valence-corrected chi connectivity index (χ1v) is 6.95. The Hall–Kier alpha value is -1.76. The topological polar surface area (TPSA) is 74.8 Å². The summed E-state index contributed by atoms with van der Waals surface area (Å²) in [6.07, 6.45) is 4.02. The molecule has 2 aromatic rings. The van der Waals surface area contributed by atoms with E-state index in [1.54, 1.807) is 17.9 Å². The van der Waals surface area contributed by atoms with Crippen LogP contribution in [0.3, 0.4) is 0 Å². The summed E-state index contributed by atoms with van der Waals surface area (Å²) in [6, 6.07) is 0. The molecule has 1 saturated heterocycles. The molecule has 7 nitrogen and oxygen atoms in total. The van der Waals surface area contributed by atoms with Gasteiger partial charge in [-0.05, 0) is 32.6 Å². The molecule has 0 radical (unpaired) electrons. The van der Waals surface area contributed by atoms with Gasteiger partial charge in [-0.3, -0.25) is 9.36 Å². The molecule has 0 amide bonds. The number of aryl methyl sites for hydroxylation is 1. The summed E-state index contributed by atoms with van der Waals surface area (Å²) in [5.74, 6) is 0.433. The molecule has 3 atom stereocenters. The van der Waals surface area contributed by atoms with E-state index in [2.05, 4.69) is 29.1 Å². The number of fused-ring (bicyclic) bond motifs is 1. The van der Waals surface area contributed by atoms with Gasteiger partial charge in [0, 0.05) is 13.6 Å². The second-order valence-corrected chi connectivity index (χ2v) is 5.68. The lowest BCUT2D eigenvalue weighted by atomic mass is 9.92. The maximum atomic E-state index is 12.4. The van der Waals surface area contributed by atoms with Crippen LogP contribution in [0.4, 0.5) is 0 Å². The third-order valence-electron chi connectivity index (χ3n) is 3.83. The van der Waals surface area contributed by atoms with E-state index in [0.29, 0.717) is 23.6 Å². The SMILES string of the molecule is C[C@@H]1CC(Cn2cnc3c(nnn3C)c2=O)C[C@H](C)O1. The average molecular weight is 277 g/mol. The Labute approximate surface area is 116 Å². The molecule has 7 heteroatoms. The number of hydrogen-bond acceptors (Lipinski definition) is 5. The highest BCUT2D eigenvalue weighted by molar-refractivity contribution is 5.67. The molecule has 108 valence electrons. The molecule has 0 bridgehead atoms. The van der Waals surface area contributed by atoms with Crippen molar-refractivity contribution in [2.45, 2.75) is 45.4 Å². The zero-order chi connectivity index (χ0) is 14.3. The van der Waals surface area contributed by atoms with E-state index < -0.39 is 0 Å². The summed E-state index contributed by atoms with van der Waals surface area (Å²) in [5, 5.41) is 7.73. The van der Waals surface area contributed by atoms with Gasteiger partial charge in [-0.1, -0.05) is 5.21 Å². The highest BCUT2D eigenvalue weighted by Gasteiger charge is 2.25. The zero-order valence-corrected chi connectivity index (χ0v) is 12.0. The predicted octanol–water partition coefficient (Wildman–Crippen LogP) is 0.729. The van der Waals surface area contributed by atoms with Crippen LogP contribution in [0.1, 0.15) is 26.7 Å². The molecule has 0 aliphatic carbocycles. The Kier molecular flexibility index (Phi) is 3.29. The molecule has 1 unspecified atom stereocenters. The molecule has 0 spiro atoms. The van der Waals surface area contributed by atoms with Crippen molar-refractivity contribution in [3.63, 3.8) is 0 Å². The summed E-state index contributed by atoms with van der Waals surface area (Å²) in [6.45, 7) is 4.82. The van der Waals surface area contributed by atoms with Crippen molar-refractivity contribution >= 4 is 11.2 Å². The smallest absolute Gasteiger partial charge is 0.283 e. The van der Waals surface area contributed by atoms with Crippen molar-refractivity contribution in [1.82, 2.24) is 24.5 Å². The largest absolute Gasteiger partial charge is 0.376 e. The van der Waals surface area contributed by atoms with Crippen molar-refractivity contribution in [3.8, 4) is 0 Å². The van der Waals surface area contributed by atoms with Crippen LogP contribution in [0.5, 0.6) is 0 Å². The molecule has 3 heterocycles. The van der Waals surface area contributed by atoms with Crippen LogP contribution >= 0.6 is 0 Å². The van der Waals surface area contributed by atoms with E-state index in [9.17, 15) is 4.79 Å². The van der Waals surface area contributed by atoms with Gasteiger partial charge in [0.05, 0.1) is 12.2 Å². The van der Waals surface area contributed by atoms with Crippen LogP contribution < -0.4 is 5.56 Å². The highest BCUT2D eigenvalue weighted by Crippen LogP contribution is 2.25. The zero-order valence-electron chi connectivity index (χ0n) is 12.0. The van der Waals surface area contributed by atoms with E-state index >= 15 is 0 Å². The van der Waals surface area contributed by atoms with E-state index in [4.69, 9.17) is 4.74 Å². The van der Waals surface area contributed by atoms with E-state index in [1.807, 2.05) is 0 Å². The highest BCUT2D eigenvalue weighted by atomic mass is 16.5. The van der Waals surface area contributed by atoms with Crippen molar-refractivity contribution in [2.24, 2.45) is 13.0 Å². The monoisotopic (exact) mass is 277 g/mol. The minimum atomic E-state index is -0.116. The summed E-state index contributed by atoms with van der Waals surface area (Å²) in [7, 11) is 1.73. The van der Waals surface area contributed by atoms with Gasteiger partial charge in [0.15, 0.2) is 11.2 Å².